The molecule has 3 nitrogen and oxygen atoms in total. The fraction of sp³-hybridized carbons (Fsp3) is 0.500. The van der Waals surface area contributed by atoms with Crippen LogP contribution in [0.1, 0.15) is 30.5 Å². The Labute approximate surface area is 102 Å². The van der Waals surface area contributed by atoms with E-state index in [-0.39, 0.29) is 6.04 Å². The van der Waals surface area contributed by atoms with Crippen LogP contribution in [0, 0.1) is 0 Å². The molecule has 4 heteroatoms. The molecule has 1 aromatic rings. The lowest BCUT2D eigenvalue weighted by Crippen LogP contribution is -2.21. The Morgan fingerprint density at radius 3 is 2.62 bits per heavy atom. The fourth-order valence-corrected chi connectivity index (χ4v) is 2.05. The van der Waals surface area contributed by atoms with Crippen molar-refractivity contribution in [2.75, 3.05) is 13.7 Å². The molecule has 0 radical (unpaired) electrons. The summed E-state index contributed by atoms with van der Waals surface area (Å²) in [5.41, 5.74) is 13.6. The zero-order valence-electron chi connectivity index (χ0n) is 9.79. The normalized spacial score (nSPS) is 12.6. The van der Waals surface area contributed by atoms with Crippen LogP contribution in [0.15, 0.2) is 12.1 Å². The summed E-state index contributed by atoms with van der Waals surface area (Å²) in [6.45, 7) is 2.50. The molecule has 1 unspecified atom stereocenters. The van der Waals surface area contributed by atoms with Gasteiger partial charge in [0.15, 0.2) is 0 Å². The lowest BCUT2D eigenvalue weighted by molar-refractivity contribution is 0.406. The van der Waals surface area contributed by atoms with Gasteiger partial charge >= 0.3 is 0 Å². The first kappa shape index (κ1) is 13.3. The highest BCUT2D eigenvalue weighted by molar-refractivity contribution is 6.32. The number of halogens is 1. The maximum Gasteiger partial charge on any atom is 0.142 e. The van der Waals surface area contributed by atoms with E-state index in [1.54, 1.807) is 7.11 Å². The molecule has 0 aliphatic carbocycles. The van der Waals surface area contributed by atoms with Crippen molar-refractivity contribution < 1.29 is 4.74 Å². The SMILES string of the molecule is CCCc1cc(Cl)c(OC)c(C(N)CN)c1. The third kappa shape index (κ3) is 2.88. The van der Waals surface area contributed by atoms with Crippen molar-refractivity contribution in [1.29, 1.82) is 0 Å². The molecule has 0 aromatic heterocycles. The molecule has 1 atom stereocenters. The van der Waals surface area contributed by atoms with E-state index in [2.05, 4.69) is 6.92 Å². The number of nitrogens with two attached hydrogens (primary N) is 2. The molecule has 0 saturated carbocycles. The van der Waals surface area contributed by atoms with Crippen LogP contribution >= 0.6 is 11.6 Å². The molecule has 1 aromatic carbocycles. The molecule has 0 aliphatic rings. The van der Waals surface area contributed by atoms with Crippen LogP contribution in [0.3, 0.4) is 0 Å². The Hall–Kier alpha value is -0.770. The van der Waals surface area contributed by atoms with Crippen molar-refractivity contribution in [3.63, 3.8) is 0 Å². The van der Waals surface area contributed by atoms with Crippen molar-refractivity contribution in [3.8, 4) is 5.75 Å². The van der Waals surface area contributed by atoms with Gasteiger partial charge in [0.25, 0.3) is 0 Å². The van der Waals surface area contributed by atoms with Gasteiger partial charge < -0.3 is 16.2 Å². The maximum absolute atomic E-state index is 6.15. The van der Waals surface area contributed by atoms with Gasteiger partial charge in [-0.05, 0) is 18.1 Å². The van der Waals surface area contributed by atoms with Gasteiger partial charge in [-0.25, -0.2) is 0 Å². The lowest BCUT2D eigenvalue weighted by Gasteiger charge is -2.17. The molecular formula is C12H19ClN2O. The van der Waals surface area contributed by atoms with Gasteiger partial charge in [-0.3, -0.25) is 0 Å². The summed E-state index contributed by atoms with van der Waals surface area (Å²) in [5.74, 6) is 0.638. The number of methoxy groups -OCH3 is 1. The van der Waals surface area contributed by atoms with Crippen LogP contribution in [-0.2, 0) is 6.42 Å². The summed E-state index contributed by atoms with van der Waals surface area (Å²) in [6, 6.07) is 3.73. The average Bonchev–Trinajstić information content (AvgIpc) is 2.27. The largest absolute Gasteiger partial charge is 0.495 e. The van der Waals surface area contributed by atoms with E-state index in [4.69, 9.17) is 27.8 Å². The standard InChI is InChI=1S/C12H19ClN2O/c1-3-4-8-5-9(11(15)7-14)12(16-2)10(13)6-8/h5-6,11H,3-4,7,14-15H2,1-2H3. The number of rotatable bonds is 5. The Morgan fingerprint density at radius 1 is 1.44 bits per heavy atom. The molecule has 90 valence electrons. The molecule has 0 spiro atoms. The third-order valence-electron chi connectivity index (χ3n) is 2.53. The first-order chi connectivity index (χ1) is 7.63. The minimum absolute atomic E-state index is 0.232. The monoisotopic (exact) mass is 242 g/mol. The minimum Gasteiger partial charge on any atom is -0.495 e. The molecule has 0 heterocycles. The number of benzene rings is 1. The molecule has 0 aliphatic heterocycles. The molecule has 1 rings (SSSR count). The van der Waals surface area contributed by atoms with Crippen LogP contribution in [0.5, 0.6) is 5.75 Å². The van der Waals surface area contributed by atoms with Crippen LogP contribution in [0.4, 0.5) is 0 Å². The predicted octanol–water partition coefficient (Wildman–Crippen LogP) is 2.26. The van der Waals surface area contributed by atoms with E-state index in [0.29, 0.717) is 17.3 Å². The van der Waals surface area contributed by atoms with E-state index < -0.39 is 0 Å². The van der Waals surface area contributed by atoms with E-state index >= 15 is 0 Å². The highest BCUT2D eigenvalue weighted by Gasteiger charge is 2.15. The minimum atomic E-state index is -0.232. The van der Waals surface area contributed by atoms with Crippen LogP contribution in [0.2, 0.25) is 5.02 Å². The molecule has 0 amide bonds. The van der Waals surface area contributed by atoms with Crippen molar-refractivity contribution in [3.05, 3.63) is 28.3 Å². The number of aryl methyl sites for hydroxylation is 1. The third-order valence-corrected chi connectivity index (χ3v) is 2.81. The highest BCUT2D eigenvalue weighted by Crippen LogP contribution is 2.33. The van der Waals surface area contributed by atoms with Gasteiger partial charge in [0.1, 0.15) is 5.75 Å². The van der Waals surface area contributed by atoms with E-state index in [0.717, 1.165) is 18.4 Å². The summed E-state index contributed by atoms with van der Waals surface area (Å²) in [4.78, 5) is 0. The molecule has 0 bridgehead atoms. The second-order valence-corrected chi connectivity index (χ2v) is 4.20. The Morgan fingerprint density at radius 2 is 2.12 bits per heavy atom. The van der Waals surface area contributed by atoms with Crippen molar-refractivity contribution in [2.45, 2.75) is 25.8 Å². The van der Waals surface area contributed by atoms with Gasteiger partial charge in [0, 0.05) is 18.2 Å². The topological polar surface area (TPSA) is 61.3 Å². The average molecular weight is 243 g/mol. The molecule has 0 fully saturated rings. The summed E-state index contributed by atoms with van der Waals surface area (Å²) in [5, 5.41) is 0.604. The summed E-state index contributed by atoms with van der Waals surface area (Å²) in [7, 11) is 1.59. The van der Waals surface area contributed by atoms with Crippen LogP contribution in [-0.4, -0.2) is 13.7 Å². The van der Waals surface area contributed by atoms with Crippen molar-refractivity contribution in [2.24, 2.45) is 11.5 Å². The fourth-order valence-electron chi connectivity index (χ4n) is 1.72. The van der Waals surface area contributed by atoms with Crippen LogP contribution in [0.25, 0.3) is 0 Å². The van der Waals surface area contributed by atoms with E-state index in [1.807, 2.05) is 12.1 Å². The quantitative estimate of drug-likeness (QED) is 0.833. The molecule has 4 N–H and O–H groups in total. The second-order valence-electron chi connectivity index (χ2n) is 3.79. The summed E-state index contributed by atoms with van der Waals surface area (Å²) in [6.07, 6.45) is 2.05. The predicted molar refractivity (Wildman–Crippen MR) is 68.0 cm³/mol. The Kier molecular flexibility index (Phi) is 5.06. The van der Waals surface area contributed by atoms with E-state index in [9.17, 15) is 0 Å². The highest BCUT2D eigenvalue weighted by atomic mass is 35.5. The van der Waals surface area contributed by atoms with Crippen LogP contribution < -0.4 is 16.2 Å². The summed E-state index contributed by atoms with van der Waals surface area (Å²) >= 11 is 6.15. The van der Waals surface area contributed by atoms with E-state index in [1.165, 1.54) is 5.56 Å². The van der Waals surface area contributed by atoms with Crippen molar-refractivity contribution >= 4 is 11.6 Å². The van der Waals surface area contributed by atoms with Gasteiger partial charge in [-0.2, -0.15) is 0 Å². The van der Waals surface area contributed by atoms with Gasteiger partial charge in [0.2, 0.25) is 0 Å². The first-order valence-corrected chi connectivity index (χ1v) is 5.83. The number of hydrogen-bond acceptors (Lipinski definition) is 3. The zero-order valence-corrected chi connectivity index (χ0v) is 10.6. The Balaban J connectivity index is 3.19. The number of hydrogen-bond donors (Lipinski definition) is 2. The first-order valence-electron chi connectivity index (χ1n) is 5.46. The van der Waals surface area contributed by atoms with Gasteiger partial charge in [0.05, 0.1) is 12.1 Å². The smallest absolute Gasteiger partial charge is 0.142 e. The lowest BCUT2D eigenvalue weighted by atomic mass is 10.0. The maximum atomic E-state index is 6.15. The molecule has 0 saturated heterocycles. The van der Waals surface area contributed by atoms with Gasteiger partial charge in [-0.15, -0.1) is 0 Å². The Bertz CT molecular complexity index is 355. The zero-order chi connectivity index (χ0) is 12.1. The number of ether oxygens (including phenoxy) is 1. The second kappa shape index (κ2) is 6.09. The summed E-state index contributed by atoms with van der Waals surface area (Å²) < 4.78 is 5.26. The van der Waals surface area contributed by atoms with Gasteiger partial charge in [-0.1, -0.05) is 31.0 Å². The molecule has 16 heavy (non-hydrogen) atoms. The van der Waals surface area contributed by atoms with Crippen molar-refractivity contribution in [1.82, 2.24) is 0 Å². The molecular weight excluding hydrogens is 224 g/mol.